The van der Waals surface area contributed by atoms with E-state index in [4.69, 9.17) is 11.2 Å². The minimum atomic E-state index is -0.196. The summed E-state index contributed by atoms with van der Waals surface area (Å²) in [6.45, 7) is 4.25. The fourth-order valence-corrected chi connectivity index (χ4v) is 2.40. The topological polar surface area (TPSA) is 74.8 Å². The number of nitrogens with zero attached hydrogens (tertiary/aromatic N) is 1. The molecule has 1 aromatic rings. The van der Waals surface area contributed by atoms with Gasteiger partial charge < -0.3 is 20.7 Å². The molecule has 2 rings (SSSR count). The molecule has 1 aromatic carbocycles. The number of ether oxygens (including phenoxy) is 1. The average Bonchev–Trinajstić information content (AvgIpc) is 3.11. The van der Waals surface area contributed by atoms with Crippen molar-refractivity contribution in [2.75, 3.05) is 31.6 Å². The standard InChI is InChI=1S/C18H24N4O2/c1-3-14-7-5-8-15(11-14)22-17(23)13-21-18(19-4-2)20-12-16-9-6-10-24-16/h1,5,7-8,11,16H,4,6,9-10,12-13H2,2H3,(H,22,23)(H2,19,20,21). The maximum absolute atomic E-state index is 12.0. The second-order valence-electron chi connectivity index (χ2n) is 5.48. The van der Waals surface area contributed by atoms with Crippen molar-refractivity contribution in [1.29, 1.82) is 0 Å². The van der Waals surface area contributed by atoms with E-state index >= 15 is 0 Å². The molecule has 1 atom stereocenters. The number of amides is 1. The van der Waals surface area contributed by atoms with Gasteiger partial charge in [-0.05, 0) is 38.0 Å². The Morgan fingerprint density at radius 3 is 3.04 bits per heavy atom. The van der Waals surface area contributed by atoms with Crippen LogP contribution in [0, 0.1) is 12.3 Å². The molecule has 1 heterocycles. The van der Waals surface area contributed by atoms with Crippen molar-refractivity contribution in [3.63, 3.8) is 0 Å². The Morgan fingerprint density at radius 2 is 2.33 bits per heavy atom. The average molecular weight is 328 g/mol. The third kappa shape index (κ3) is 5.94. The molecule has 0 saturated carbocycles. The molecular weight excluding hydrogens is 304 g/mol. The summed E-state index contributed by atoms with van der Waals surface area (Å²) in [7, 11) is 0. The first-order chi connectivity index (χ1) is 11.7. The molecule has 0 aromatic heterocycles. The van der Waals surface area contributed by atoms with E-state index in [9.17, 15) is 4.79 Å². The highest BCUT2D eigenvalue weighted by Gasteiger charge is 2.15. The molecule has 0 spiro atoms. The third-order valence-corrected chi connectivity index (χ3v) is 3.56. The number of carbonyl (C=O) groups is 1. The molecule has 6 nitrogen and oxygen atoms in total. The smallest absolute Gasteiger partial charge is 0.246 e. The van der Waals surface area contributed by atoms with Crippen LogP contribution in [0.1, 0.15) is 25.3 Å². The molecule has 1 aliphatic heterocycles. The van der Waals surface area contributed by atoms with E-state index in [0.29, 0.717) is 18.2 Å². The van der Waals surface area contributed by atoms with E-state index in [1.165, 1.54) is 0 Å². The molecule has 3 N–H and O–H groups in total. The molecule has 0 bridgehead atoms. The quantitative estimate of drug-likeness (QED) is 0.418. The van der Waals surface area contributed by atoms with Gasteiger partial charge in [0.2, 0.25) is 5.91 Å². The van der Waals surface area contributed by atoms with E-state index in [2.05, 4.69) is 26.9 Å². The van der Waals surface area contributed by atoms with Crippen LogP contribution >= 0.6 is 0 Å². The Morgan fingerprint density at radius 1 is 1.46 bits per heavy atom. The van der Waals surface area contributed by atoms with Crippen LogP contribution in [0.4, 0.5) is 5.69 Å². The third-order valence-electron chi connectivity index (χ3n) is 3.56. The molecule has 24 heavy (non-hydrogen) atoms. The van der Waals surface area contributed by atoms with Crippen molar-refractivity contribution in [2.45, 2.75) is 25.9 Å². The van der Waals surface area contributed by atoms with Gasteiger partial charge in [-0.1, -0.05) is 12.0 Å². The summed E-state index contributed by atoms with van der Waals surface area (Å²) in [5, 5.41) is 9.12. The van der Waals surface area contributed by atoms with Crippen LogP contribution in [0.2, 0.25) is 0 Å². The first-order valence-corrected chi connectivity index (χ1v) is 8.21. The Hall–Kier alpha value is -2.52. The Labute approximate surface area is 143 Å². The maximum atomic E-state index is 12.0. The number of terminal acetylenes is 1. The second kappa shape index (κ2) is 9.58. The maximum Gasteiger partial charge on any atom is 0.246 e. The van der Waals surface area contributed by atoms with Crippen molar-refractivity contribution in [3.05, 3.63) is 29.8 Å². The van der Waals surface area contributed by atoms with Crippen molar-refractivity contribution in [3.8, 4) is 12.3 Å². The fourth-order valence-electron chi connectivity index (χ4n) is 2.40. The Balaban J connectivity index is 1.84. The lowest BCUT2D eigenvalue weighted by Gasteiger charge is -2.14. The number of guanidine groups is 1. The van der Waals surface area contributed by atoms with Gasteiger partial charge in [-0.15, -0.1) is 6.42 Å². The molecule has 1 fully saturated rings. The minimum absolute atomic E-state index is 0.0289. The molecule has 0 aliphatic carbocycles. The zero-order valence-electron chi connectivity index (χ0n) is 14.0. The van der Waals surface area contributed by atoms with E-state index < -0.39 is 0 Å². The van der Waals surface area contributed by atoms with E-state index in [1.807, 2.05) is 13.0 Å². The van der Waals surface area contributed by atoms with Crippen molar-refractivity contribution in [1.82, 2.24) is 10.6 Å². The lowest BCUT2D eigenvalue weighted by molar-refractivity contribution is -0.114. The van der Waals surface area contributed by atoms with E-state index in [1.54, 1.807) is 18.2 Å². The zero-order chi connectivity index (χ0) is 17.2. The number of carbonyl (C=O) groups excluding carboxylic acids is 1. The number of benzene rings is 1. The second-order valence-corrected chi connectivity index (χ2v) is 5.48. The highest BCUT2D eigenvalue weighted by atomic mass is 16.5. The van der Waals surface area contributed by atoms with Crippen molar-refractivity contribution < 1.29 is 9.53 Å². The van der Waals surface area contributed by atoms with Gasteiger partial charge in [0.1, 0.15) is 6.54 Å². The molecule has 1 saturated heterocycles. The first kappa shape index (κ1) is 17.8. The van der Waals surface area contributed by atoms with Gasteiger partial charge in [-0.2, -0.15) is 0 Å². The van der Waals surface area contributed by atoms with Crippen molar-refractivity contribution >= 4 is 17.6 Å². The Kier molecular flexibility index (Phi) is 7.12. The summed E-state index contributed by atoms with van der Waals surface area (Å²) in [6.07, 6.45) is 7.72. The van der Waals surface area contributed by atoms with Crippen LogP contribution in [0.25, 0.3) is 0 Å². The summed E-state index contributed by atoms with van der Waals surface area (Å²) in [5.74, 6) is 2.96. The van der Waals surface area contributed by atoms with Crippen LogP contribution in [-0.2, 0) is 9.53 Å². The monoisotopic (exact) mass is 328 g/mol. The van der Waals surface area contributed by atoms with Crippen LogP contribution < -0.4 is 16.0 Å². The summed E-state index contributed by atoms with van der Waals surface area (Å²) < 4.78 is 5.57. The van der Waals surface area contributed by atoms with Gasteiger partial charge >= 0.3 is 0 Å². The lowest BCUT2D eigenvalue weighted by Crippen LogP contribution is -2.41. The van der Waals surface area contributed by atoms with Crippen LogP contribution in [-0.4, -0.2) is 44.2 Å². The number of hydrogen-bond acceptors (Lipinski definition) is 3. The predicted molar refractivity (Wildman–Crippen MR) is 96.0 cm³/mol. The number of rotatable bonds is 6. The van der Waals surface area contributed by atoms with Crippen LogP contribution in [0.5, 0.6) is 0 Å². The fraction of sp³-hybridized carbons (Fsp3) is 0.444. The predicted octanol–water partition coefficient (Wildman–Crippen LogP) is 1.34. The van der Waals surface area contributed by atoms with Gasteiger partial charge in [0.15, 0.2) is 5.96 Å². The van der Waals surface area contributed by atoms with Crippen molar-refractivity contribution in [2.24, 2.45) is 4.99 Å². The van der Waals surface area contributed by atoms with Crippen LogP contribution in [0.15, 0.2) is 29.3 Å². The summed E-state index contributed by atoms with van der Waals surface area (Å²) in [4.78, 5) is 16.3. The molecular formula is C18H24N4O2. The van der Waals surface area contributed by atoms with Gasteiger partial charge in [-0.25, -0.2) is 4.99 Å². The van der Waals surface area contributed by atoms with Crippen LogP contribution in [0.3, 0.4) is 0 Å². The van der Waals surface area contributed by atoms with Gasteiger partial charge in [0.25, 0.3) is 0 Å². The van der Waals surface area contributed by atoms with Gasteiger partial charge in [0, 0.05) is 30.9 Å². The highest BCUT2D eigenvalue weighted by molar-refractivity contribution is 5.94. The number of nitrogens with one attached hydrogen (secondary N) is 3. The van der Waals surface area contributed by atoms with E-state index in [-0.39, 0.29) is 18.6 Å². The highest BCUT2D eigenvalue weighted by Crippen LogP contribution is 2.10. The number of hydrogen-bond donors (Lipinski definition) is 3. The molecule has 0 radical (unpaired) electrons. The largest absolute Gasteiger partial charge is 0.376 e. The Bertz CT molecular complexity index is 616. The summed E-state index contributed by atoms with van der Waals surface area (Å²) in [6, 6.07) is 7.17. The SMILES string of the molecule is C#Cc1cccc(NC(=O)CN=C(NCC)NCC2CCCO2)c1. The molecule has 1 unspecified atom stereocenters. The number of aliphatic imine (C=N–C) groups is 1. The summed E-state index contributed by atoms with van der Waals surface area (Å²) >= 11 is 0. The van der Waals surface area contributed by atoms with E-state index in [0.717, 1.165) is 31.6 Å². The summed E-state index contributed by atoms with van der Waals surface area (Å²) in [5.41, 5.74) is 1.39. The van der Waals surface area contributed by atoms with Gasteiger partial charge in [-0.3, -0.25) is 4.79 Å². The zero-order valence-corrected chi connectivity index (χ0v) is 14.0. The molecule has 1 amide bonds. The van der Waals surface area contributed by atoms with Gasteiger partial charge in [0.05, 0.1) is 6.10 Å². The minimum Gasteiger partial charge on any atom is -0.376 e. The number of anilines is 1. The lowest BCUT2D eigenvalue weighted by atomic mass is 10.2. The molecule has 1 aliphatic rings. The first-order valence-electron chi connectivity index (χ1n) is 8.21. The molecule has 6 heteroatoms. The molecule has 128 valence electrons. The normalized spacial score (nSPS) is 17.2.